The predicted molar refractivity (Wildman–Crippen MR) is 87.1 cm³/mol. The third-order valence-electron chi connectivity index (χ3n) is 2.60. The van der Waals surface area contributed by atoms with E-state index in [4.69, 9.17) is 16.7 Å². The monoisotopic (exact) mass is 341 g/mol. The molecule has 25 heavy (non-hydrogen) atoms. The number of nitrogens with zero attached hydrogens (tertiary/aromatic N) is 4. The summed E-state index contributed by atoms with van der Waals surface area (Å²) < 4.78 is 0. The fourth-order valence-electron chi connectivity index (χ4n) is 1.67. The van der Waals surface area contributed by atoms with E-state index in [9.17, 15) is 14.4 Å². The first-order valence-corrected chi connectivity index (χ1v) is 6.58. The predicted octanol–water partition coefficient (Wildman–Crippen LogP) is -1.67. The van der Waals surface area contributed by atoms with Gasteiger partial charge in [-0.25, -0.2) is 14.4 Å². The second kappa shape index (κ2) is 7.33. The molecule has 7 N–H and O–H groups in total. The summed E-state index contributed by atoms with van der Waals surface area (Å²) in [5.74, 6) is 0.483. The molecule has 0 amide bonds. The average Bonchev–Trinajstić information content (AvgIpc) is 2.53. The van der Waals surface area contributed by atoms with Gasteiger partial charge < -0.3 is 11.5 Å². The molecule has 0 spiro atoms. The number of hydrogen-bond donors (Lipinski definition) is 5. The number of nitriles is 1. The topological polar surface area (TPSA) is 213 Å². The number of rotatable bonds is 1. The van der Waals surface area contributed by atoms with Gasteiger partial charge in [0.2, 0.25) is 11.9 Å². The Morgan fingerprint density at radius 2 is 1.40 bits per heavy atom. The minimum Gasteiger partial charge on any atom is -0.368 e. The van der Waals surface area contributed by atoms with Gasteiger partial charge in [0.25, 0.3) is 0 Å². The Kier molecular flexibility index (Phi) is 5.01. The molecule has 0 radical (unpaired) electrons. The average molecular weight is 341 g/mol. The highest BCUT2D eigenvalue weighted by Gasteiger charge is 2.05. The van der Waals surface area contributed by atoms with E-state index in [2.05, 4.69) is 15.0 Å². The minimum atomic E-state index is -0.802. The van der Waals surface area contributed by atoms with Gasteiger partial charge in [0.15, 0.2) is 5.82 Å². The summed E-state index contributed by atoms with van der Waals surface area (Å²) in [7, 11) is 0. The Morgan fingerprint density at radius 3 is 1.88 bits per heavy atom. The van der Waals surface area contributed by atoms with Crippen LogP contribution in [0.4, 0.5) is 11.9 Å². The number of H-pyrrole nitrogens is 3. The molecule has 12 heteroatoms. The summed E-state index contributed by atoms with van der Waals surface area (Å²) in [5.41, 5.74) is 9.72. The van der Waals surface area contributed by atoms with Gasteiger partial charge in [-0.1, -0.05) is 12.1 Å². The lowest BCUT2D eigenvalue weighted by Crippen LogP contribution is -2.34. The van der Waals surface area contributed by atoms with Crippen LogP contribution in [0.1, 0.15) is 5.56 Å². The van der Waals surface area contributed by atoms with E-state index < -0.39 is 17.1 Å². The van der Waals surface area contributed by atoms with Crippen LogP contribution in [0.25, 0.3) is 11.4 Å². The summed E-state index contributed by atoms with van der Waals surface area (Å²) in [6, 6.07) is 8.90. The lowest BCUT2D eigenvalue weighted by atomic mass is 10.1. The quantitative estimate of drug-likeness (QED) is 0.341. The summed E-state index contributed by atoms with van der Waals surface area (Å²) in [5, 5.41) is 8.77. The molecule has 0 unspecified atom stereocenters. The van der Waals surface area contributed by atoms with Gasteiger partial charge in [-0.05, 0) is 12.1 Å². The maximum Gasteiger partial charge on any atom is 0.330 e. The molecule has 3 rings (SSSR count). The van der Waals surface area contributed by atoms with Crippen LogP contribution in [-0.4, -0.2) is 29.9 Å². The third-order valence-corrected chi connectivity index (χ3v) is 2.60. The van der Waals surface area contributed by atoms with Crippen LogP contribution in [0.15, 0.2) is 38.6 Å². The largest absolute Gasteiger partial charge is 0.368 e. The van der Waals surface area contributed by atoms with Crippen LogP contribution in [0, 0.1) is 11.3 Å². The highest BCUT2D eigenvalue weighted by Crippen LogP contribution is 2.17. The molecule has 0 saturated carbocycles. The standard InChI is InChI=1S/C10H8N6.C3H3N3O3/c11-5-6-2-1-3-7(4-6)8-14-9(12)16-10(13)15-8;7-1-4-2(8)6-3(9)5-1/h1-4H,(H4,12,13,14,15,16);(H3,4,5,6,7,8,9). The van der Waals surface area contributed by atoms with Crippen molar-refractivity contribution in [1.29, 1.82) is 5.26 Å². The Bertz CT molecular complexity index is 1010. The molecule has 2 heterocycles. The Labute approximate surface area is 138 Å². The van der Waals surface area contributed by atoms with Crippen LogP contribution in [0.3, 0.4) is 0 Å². The van der Waals surface area contributed by atoms with Crippen LogP contribution in [0.2, 0.25) is 0 Å². The van der Waals surface area contributed by atoms with Crippen molar-refractivity contribution in [3.8, 4) is 17.5 Å². The molecule has 0 aliphatic heterocycles. The molecule has 2 aromatic heterocycles. The molecule has 3 aromatic rings. The summed E-state index contributed by atoms with van der Waals surface area (Å²) in [6.45, 7) is 0. The first-order valence-electron chi connectivity index (χ1n) is 6.58. The van der Waals surface area contributed by atoms with Crippen LogP contribution in [-0.2, 0) is 0 Å². The van der Waals surface area contributed by atoms with E-state index >= 15 is 0 Å². The molecule has 0 bridgehead atoms. The van der Waals surface area contributed by atoms with Gasteiger partial charge in [0.1, 0.15) is 0 Å². The van der Waals surface area contributed by atoms with Crippen molar-refractivity contribution in [3.63, 3.8) is 0 Å². The van der Waals surface area contributed by atoms with Gasteiger partial charge in [0.05, 0.1) is 11.6 Å². The molecule has 1 aromatic carbocycles. The van der Waals surface area contributed by atoms with Crippen molar-refractivity contribution < 1.29 is 0 Å². The van der Waals surface area contributed by atoms with Crippen LogP contribution < -0.4 is 28.5 Å². The van der Waals surface area contributed by atoms with Gasteiger partial charge >= 0.3 is 17.1 Å². The maximum atomic E-state index is 10.2. The summed E-state index contributed by atoms with van der Waals surface area (Å²) >= 11 is 0. The lowest BCUT2D eigenvalue weighted by Gasteiger charge is -2.01. The number of nitrogen functional groups attached to an aromatic ring is 2. The van der Waals surface area contributed by atoms with E-state index in [0.29, 0.717) is 17.0 Å². The van der Waals surface area contributed by atoms with Crippen LogP contribution >= 0.6 is 0 Å². The molecule has 0 aliphatic rings. The molecule has 0 fully saturated rings. The summed E-state index contributed by atoms with van der Waals surface area (Å²) in [6.07, 6.45) is 0. The second-order valence-electron chi connectivity index (χ2n) is 4.43. The SMILES string of the molecule is N#Cc1cccc(-c2nc(N)nc(N)n2)c1.O=c1[nH]c(=O)[nH]c(=O)[nH]1. The number of benzene rings is 1. The van der Waals surface area contributed by atoms with E-state index in [1.807, 2.05) is 6.07 Å². The number of anilines is 2. The molecule has 0 aliphatic carbocycles. The molecular weight excluding hydrogens is 330 g/mol. The summed E-state index contributed by atoms with van der Waals surface area (Å²) in [4.78, 5) is 47.5. The molecule has 126 valence electrons. The van der Waals surface area contributed by atoms with E-state index in [0.717, 1.165) is 0 Å². The van der Waals surface area contributed by atoms with E-state index in [-0.39, 0.29) is 11.9 Å². The molecule has 0 atom stereocenters. The van der Waals surface area contributed by atoms with Crippen molar-refractivity contribution in [2.45, 2.75) is 0 Å². The Morgan fingerprint density at radius 1 is 0.880 bits per heavy atom. The lowest BCUT2D eigenvalue weighted by molar-refractivity contribution is 0.888. The first kappa shape index (κ1) is 17.1. The van der Waals surface area contributed by atoms with Crippen molar-refractivity contribution in [1.82, 2.24) is 29.9 Å². The Hall–Kier alpha value is -4.27. The number of aromatic amines is 3. The minimum absolute atomic E-state index is 0.0601. The highest BCUT2D eigenvalue weighted by atomic mass is 16.2. The van der Waals surface area contributed by atoms with Gasteiger partial charge in [-0.15, -0.1) is 0 Å². The zero-order valence-corrected chi connectivity index (χ0v) is 12.5. The van der Waals surface area contributed by atoms with Gasteiger partial charge in [-0.2, -0.15) is 20.2 Å². The number of aromatic nitrogens is 6. The van der Waals surface area contributed by atoms with Gasteiger partial charge in [0, 0.05) is 5.56 Å². The molecule has 0 saturated heterocycles. The number of nitrogens with one attached hydrogen (secondary N) is 3. The van der Waals surface area contributed by atoms with Crippen molar-refractivity contribution in [3.05, 3.63) is 61.3 Å². The second-order valence-corrected chi connectivity index (χ2v) is 4.43. The highest BCUT2D eigenvalue weighted by molar-refractivity contribution is 5.59. The maximum absolute atomic E-state index is 10.2. The Balaban J connectivity index is 0.000000212. The zero-order valence-electron chi connectivity index (χ0n) is 12.5. The zero-order chi connectivity index (χ0) is 18.4. The van der Waals surface area contributed by atoms with Crippen molar-refractivity contribution in [2.75, 3.05) is 11.5 Å². The number of nitrogens with two attached hydrogens (primary N) is 2. The third kappa shape index (κ3) is 4.86. The number of hydrogen-bond acceptors (Lipinski definition) is 9. The smallest absolute Gasteiger partial charge is 0.330 e. The molecular formula is C13H11N9O3. The first-order chi connectivity index (χ1) is 11.9. The van der Waals surface area contributed by atoms with Crippen molar-refractivity contribution >= 4 is 11.9 Å². The van der Waals surface area contributed by atoms with E-state index in [1.54, 1.807) is 39.2 Å². The normalized spacial score (nSPS) is 9.56. The van der Waals surface area contributed by atoms with E-state index in [1.165, 1.54) is 0 Å². The fourth-order valence-corrected chi connectivity index (χ4v) is 1.67. The fraction of sp³-hybridized carbons (Fsp3) is 0. The van der Waals surface area contributed by atoms with Crippen molar-refractivity contribution in [2.24, 2.45) is 0 Å². The van der Waals surface area contributed by atoms with Gasteiger partial charge in [-0.3, -0.25) is 15.0 Å². The molecule has 12 nitrogen and oxygen atoms in total. The van der Waals surface area contributed by atoms with Crippen LogP contribution in [0.5, 0.6) is 0 Å².